The molecular formula is C30H22IrN2O-2. The summed E-state index contributed by atoms with van der Waals surface area (Å²) in [5.41, 5.74) is 0.290. The summed E-state index contributed by atoms with van der Waals surface area (Å²) in [4.78, 5) is 7.80. The van der Waals surface area contributed by atoms with Gasteiger partial charge >= 0.3 is 0 Å². The van der Waals surface area contributed by atoms with Crippen molar-refractivity contribution in [2.75, 3.05) is 0 Å². The van der Waals surface area contributed by atoms with Crippen LogP contribution in [0.25, 0.3) is 44.5 Å². The zero-order valence-corrected chi connectivity index (χ0v) is 19.6. The predicted molar refractivity (Wildman–Crippen MR) is 134 cm³/mol. The first-order valence-corrected chi connectivity index (χ1v) is 9.61. The van der Waals surface area contributed by atoms with E-state index in [1.807, 2.05) is 30.3 Å². The standard InChI is InChI=1S/C18H12NO.C12H10N.Ir/c1-12-9-10-16(19-11-12)15-7-4-6-14-13-5-2-3-8-17(13)20-18(14)15;1-10-7-8-12(13-9-10)11-5-3-2-4-6-11;/h2-6,8-11H,1H3;2-5,7-9H,1H3;/q2*-1;/i1D3,9D,10D;1D3,2D,3D,4D,5D,7D,8D,9D;. The Kier molecular flexibility index (Phi) is 3.49. The molecule has 0 atom stereocenters. The number of nitrogens with zero attached hydrogens (tertiary/aromatic N) is 2. The second-order valence-corrected chi connectivity index (χ2v) is 6.66. The van der Waals surface area contributed by atoms with Crippen LogP contribution in [0, 0.1) is 25.8 Å². The van der Waals surface area contributed by atoms with E-state index in [0.717, 1.165) is 17.0 Å². The quantitative estimate of drug-likeness (QED) is 0.184. The molecule has 0 aliphatic carbocycles. The van der Waals surface area contributed by atoms with Crippen molar-refractivity contribution in [2.24, 2.45) is 0 Å². The molecule has 0 spiro atoms. The van der Waals surface area contributed by atoms with Crippen molar-refractivity contribution in [3.63, 3.8) is 0 Å². The molecule has 4 heteroatoms. The Balaban J connectivity index is 0.000000217. The average Bonchev–Trinajstić information content (AvgIpc) is 3.39. The minimum atomic E-state index is -2.78. The van der Waals surface area contributed by atoms with Crippen LogP contribution < -0.4 is 0 Å². The number of pyridine rings is 2. The fraction of sp³-hybridized carbons (Fsp3) is 0.0667. The molecule has 1 radical (unpaired) electrons. The summed E-state index contributed by atoms with van der Waals surface area (Å²) in [5, 5.41) is 1.79. The molecule has 0 bridgehead atoms. The van der Waals surface area contributed by atoms with Crippen LogP contribution in [0.3, 0.4) is 0 Å². The van der Waals surface area contributed by atoms with Gasteiger partial charge in [-0.15, -0.1) is 54.0 Å². The monoisotopic (exact) mass is 634 g/mol. The maximum Gasteiger partial charge on any atom is 0.120 e. The zero-order chi connectivity index (χ0) is 35.5. The first-order valence-electron chi connectivity index (χ1n) is 17.1. The van der Waals surface area contributed by atoms with Gasteiger partial charge in [0.15, 0.2) is 0 Å². The summed E-state index contributed by atoms with van der Waals surface area (Å²) in [7, 11) is 0. The smallest absolute Gasteiger partial charge is 0.120 e. The van der Waals surface area contributed by atoms with E-state index in [2.05, 4.69) is 22.1 Å². The van der Waals surface area contributed by atoms with Gasteiger partial charge < -0.3 is 14.4 Å². The molecule has 6 rings (SSSR count). The van der Waals surface area contributed by atoms with E-state index < -0.39 is 61.7 Å². The molecule has 3 aromatic heterocycles. The molecule has 0 N–H and O–H groups in total. The second kappa shape index (κ2) is 10.6. The van der Waals surface area contributed by atoms with Crippen molar-refractivity contribution in [3.05, 3.63) is 120 Å². The number of aromatic nitrogens is 2. The zero-order valence-electron chi connectivity index (χ0n) is 32.2. The normalized spacial score (nSPS) is 17.5. The van der Waals surface area contributed by atoms with E-state index in [0.29, 0.717) is 16.7 Å². The molecule has 0 saturated carbocycles. The van der Waals surface area contributed by atoms with Gasteiger partial charge in [-0.3, -0.25) is 0 Å². The molecule has 169 valence electrons. The van der Waals surface area contributed by atoms with Gasteiger partial charge in [-0.05, 0) is 45.0 Å². The molecule has 0 saturated heterocycles. The summed E-state index contributed by atoms with van der Waals surface area (Å²) < 4.78 is 120. The van der Waals surface area contributed by atoms with Crippen molar-refractivity contribution >= 4 is 21.9 Å². The van der Waals surface area contributed by atoms with Gasteiger partial charge in [0.2, 0.25) is 0 Å². The third-order valence-corrected chi connectivity index (χ3v) is 4.54. The number of furan rings is 1. The Bertz CT molecular complexity index is 2230. The fourth-order valence-electron chi connectivity index (χ4n) is 3.09. The van der Waals surface area contributed by atoms with Crippen molar-refractivity contribution in [1.82, 2.24) is 9.97 Å². The number of rotatable bonds is 2. The molecule has 3 aromatic carbocycles. The second-order valence-electron chi connectivity index (χ2n) is 6.66. The fourth-order valence-corrected chi connectivity index (χ4v) is 3.09. The number of benzene rings is 3. The van der Waals surface area contributed by atoms with Gasteiger partial charge in [-0.2, -0.15) is 0 Å². The molecule has 34 heavy (non-hydrogen) atoms. The van der Waals surface area contributed by atoms with E-state index >= 15 is 0 Å². The van der Waals surface area contributed by atoms with E-state index in [9.17, 15) is 0 Å². The Labute approximate surface area is 233 Å². The van der Waals surface area contributed by atoms with Crippen molar-refractivity contribution in [2.45, 2.75) is 13.7 Å². The molecule has 3 heterocycles. The summed E-state index contributed by atoms with van der Waals surface area (Å²) >= 11 is 0. The number of aryl methyl sites for hydroxylation is 1. The summed E-state index contributed by atoms with van der Waals surface area (Å²) in [6.45, 7) is -5.26. The van der Waals surface area contributed by atoms with Gasteiger partial charge in [0.25, 0.3) is 0 Å². The van der Waals surface area contributed by atoms with Crippen LogP contribution in [0.15, 0.2) is 102 Å². The van der Waals surface area contributed by atoms with Crippen molar-refractivity contribution < 1.29 is 45.1 Å². The number of para-hydroxylation sites is 1. The van der Waals surface area contributed by atoms with E-state index in [1.165, 1.54) is 0 Å². The van der Waals surface area contributed by atoms with Crippen LogP contribution in [-0.2, 0) is 20.1 Å². The number of hydrogen-bond acceptors (Lipinski definition) is 3. The van der Waals surface area contributed by atoms with Crippen LogP contribution in [0.1, 0.15) is 31.7 Å². The average molecular weight is 634 g/mol. The minimum Gasteiger partial charge on any atom is -0.501 e. The topological polar surface area (TPSA) is 38.9 Å². The SMILES string of the molecule is [2H]c1[c-]c(-c2nc([2H])c(C([2H])([2H])[2H])c([2H])c2[2H])c([2H])c([2H])c1[2H].[2H]c1c(C([2H])([2H])[2H])cnc(-c2[c-]ccc3c2oc2ccccc23)c1[2H].[Ir]. The third kappa shape index (κ3) is 4.99. The van der Waals surface area contributed by atoms with Gasteiger partial charge in [0, 0.05) is 48.8 Å². The predicted octanol–water partition coefficient (Wildman–Crippen LogP) is 7.61. The largest absolute Gasteiger partial charge is 0.501 e. The third-order valence-electron chi connectivity index (χ3n) is 4.54. The van der Waals surface area contributed by atoms with Gasteiger partial charge in [0.1, 0.15) is 5.58 Å². The van der Waals surface area contributed by atoms with Gasteiger partial charge in [-0.25, -0.2) is 0 Å². The van der Waals surface area contributed by atoms with Gasteiger partial charge in [0.05, 0.1) is 12.4 Å². The van der Waals surface area contributed by atoms with Crippen LogP contribution in [0.4, 0.5) is 0 Å². The van der Waals surface area contributed by atoms with Crippen molar-refractivity contribution in [1.29, 1.82) is 0 Å². The Morgan fingerprint density at radius 2 is 1.71 bits per heavy atom. The molecule has 0 aliphatic rings. The number of hydrogen-bond donors (Lipinski definition) is 0. The van der Waals surface area contributed by atoms with E-state index in [1.54, 1.807) is 6.07 Å². The summed E-state index contributed by atoms with van der Waals surface area (Å²) in [6.07, 6.45) is 0.403. The molecule has 0 fully saturated rings. The van der Waals surface area contributed by atoms with E-state index in [4.69, 9.17) is 25.0 Å². The maximum absolute atomic E-state index is 8.20. The minimum absolute atomic E-state index is 0. The Morgan fingerprint density at radius 1 is 0.853 bits per heavy atom. The van der Waals surface area contributed by atoms with E-state index in [-0.39, 0.29) is 54.7 Å². The molecule has 0 amide bonds. The van der Waals surface area contributed by atoms with Crippen LogP contribution in [-0.4, -0.2) is 9.97 Å². The van der Waals surface area contributed by atoms with Crippen molar-refractivity contribution in [3.8, 4) is 22.5 Å². The molecule has 0 aliphatic heterocycles. The van der Waals surface area contributed by atoms with Crippen LogP contribution >= 0.6 is 0 Å². The Morgan fingerprint density at radius 3 is 2.62 bits per heavy atom. The molecular weight excluding hydrogens is 597 g/mol. The molecule has 3 nitrogen and oxygen atoms in total. The van der Waals surface area contributed by atoms with Crippen LogP contribution in [0.2, 0.25) is 0 Å². The van der Waals surface area contributed by atoms with Crippen LogP contribution in [0.5, 0.6) is 0 Å². The molecule has 0 unspecified atom stereocenters. The van der Waals surface area contributed by atoms with Gasteiger partial charge in [-0.1, -0.05) is 53.3 Å². The maximum atomic E-state index is 8.20. The first-order chi connectivity index (χ1) is 22.3. The Hall–Kier alpha value is -3.59. The molecule has 6 aromatic rings. The first kappa shape index (κ1) is 11.2. The number of fused-ring (bicyclic) bond motifs is 3. The summed E-state index contributed by atoms with van der Waals surface area (Å²) in [5.74, 6) is 0. The summed E-state index contributed by atoms with van der Waals surface area (Å²) in [6, 6.07) is 12.5.